The van der Waals surface area contributed by atoms with E-state index in [4.69, 9.17) is 0 Å². The number of rotatable bonds is 2. The average molecular weight is 663 g/mol. The van der Waals surface area contributed by atoms with Crippen LogP contribution in [0.1, 0.15) is 49.9 Å². The summed E-state index contributed by atoms with van der Waals surface area (Å²) in [6.07, 6.45) is 0. The first-order valence-corrected chi connectivity index (χ1v) is 18.6. The lowest BCUT2D eigenvalue weighted by atomic mass is 9.76. The van der Waals surface area contributed by atoms with Crippen molar-refractivity contribution in [2.45, 2.75) is 38.5 Å². The second kappa shape index (κ2) is 10.3. The Balaban J connectivity index is 1.26. The van der Waals surface area contributed by atoms with E-state index in [1.807, 2.05) is 0 Å². The van der Waals surface area contributed by atoms with Crippen LogP contribution in [0.4, 0.5) is 0 Å². The molecule has 0 aliphatic heterocycles. The summed E-state index contributed by atoms with van der Waals surface area (Å²) in [5, 5.41) is 10.5. The van der Waals surface area contributed by atoms with E-state index in [2.05, 4.69) is 185 Å². The summed E-state index contributed by atoms with van der Waals surface area (Å²) >= 11 is 0. The normalized spacial score (nSPS) is 14.8. The maximum Gasteiger partial charge on any atom is 0.0165 e. The fourth-order valence-corrected chi connectivity index (χ4v) is 10.3. The molecule has 0 heterocycles. The molecule has 0 nitrogen and oxygen atoms in total. The molecular formula is C52H38. The zero-order valence-electron chi connectivity index (χ0n) is 30.0. The predicted octanol–water partition coefficient (Wildman–Crippen LogP) is 14.2. The largest absolute Gasteiger partial charge is 0.0619 e. The van der Waals surface area contributed by atoms with Crippen molar-refractivity contribution in [1.29, 1.82) is 0 Å². The van der Waals surface area contributed by atoms with Gasteiger partial charge in [0.1, 0.15) is 0 Å². The molecule has 2 aliphatic rings. The van der Waals surface area contributed by atoms with E-state index in [0.717, 1.165) is 0 Å². The van der Waals surface area contributed by atoms with Gasteiger partial charge in [0.15, 0.2) is 0 Å². The first-order chi connectivity index (χ1) is 25.4. The summed E-state index contributed by atoms with van der Waals surface area (Å²) in [7, 11) is 0. The third kappa shape index (κ3) is 3.72. The Morgan fingerprint density at radius 3 is 1.40 bits per heavy atom. The van der Waals surface area contributed by atoms with E-state index in [1.165, 1.54) is 110 Å². The van der Waals surface area contributed by atoms with Gasteiger partial charge in [-0.05, 0) is 116 Å². The smallest absolute Gasteiger partial charge is 0.0165 e. The Labute approximate surface area is 305 Å². The van der Waals surface area contributed by atoms with Crippen molar-refractivity contribution in [2.75, 3.05) is 0 Å². The Hall–Kier alpha value is -5.98. The summed E-state index contributed by atoms with van der Waals surface area (Å²) in [6.45, 7) is 9.64. The van der Waals surface area contributed by atoms with Crippen molar-refractivity contribution < 1.29 is 0 Å². The minimum Gasteiger partial charge on any atom is -0.0619 e. The standard InChI is InChI=1S/C52H38/c1-51(2)43-27-14-13-24-39(43)49-34-19-8-7-18-33(34)42(30-45(49)51)47-37-22-11-9-20-35(37)46(36-21-10-12-23-38(36)47)40-25-15-26-41-48-32-17-6-5-16-31(32)28-29-44(48)52(3,4)50(40)41/h5-30H,1-4H3. The molecule has 0 heteroatoms. The van der Waals surface area contributed by atoms with Crippen molar-refractivity contribution in [3.05, 3.63) is 180 Å². The summed E-state index contributed by atoms with van der Waals surface area (Å²) in [4.78, 5) is 0. The Kier molecular flexibility index (Phi) is 5.89. The van der Waals surface area contributed by atoms with Gasteiger partial charge >= 0.3 is 0 Å². The van der Waals surface area contributed by atoms with Gasteiger partial charge in [0.05, 0.1) is 0 Å². The minimum atomic E-state index is -0.164. The monoisotopic (exact) mass is 662 g/mol. The Bertz CT molecular complexity index is 2950. The summed E-state index contributed by atoms with van der Waals surface area (Å²) < 4.78 is 0. The fourth-order valence-electron chi connectivity index (χ4n) is 10.3. The zero-order valence-corrected chi connectivity index (χ0v) is 30.0. The van der Waals surface area contributed by atoms with E-state index >= 15 is 0 Å². The molecule has 0 aromatic heterocycles. The first kappa shape index (κ1) is 29.7. The number of hydrogen-bond donors (Lipinski definition) is 0. The van der Waals surface area contributed by atoms with E-state index in [9.17, 15) is 0 Å². The van der Waals surface area contributed by atoms with Crippen molar-refractivity contribution in [3.8, 4) is 44.5 Å². The zero-order chi connectivity index (χ0) is 34.9. The molecule has 9 aromatic rings. The topological polar surface area (TPSA) is 0 Å². The second-order valence-electron chi connectivity index (χ2n) is 16.0. The molecule has 0 saturated heterocycles. The van der Waals surface area contributed by atoms with Gasteiger partial charge in [0.25, 0.3) is 0 Å². The maximum absolute atomic E-state index is 2.54. The molecule has 0 amide bonds. The number of fused-ring (bicyclic) bond motifs is 12. The molecular weight excluding hydrogens is 625 g/mol. The number of hydrogen-bond acceptors (Lipinski definition) is 0. The van der Waals surface area contributed by atoms with Gasteiger partial charge < -0.3 is 0 Å². The van der Waals surface area contributed by atoms with Gasteiger partial charge in [-0.1, -0.05) is 179 Å². The third-order valence-corrected chi connectivity index (χ3v) is 12.6. The molecule has 0 spiro atoms. The third-order valence-electron chi connectivity index (χ3n) is 12.6. The van der Waals surface area contributed by atoms with Crippen LogP contribution in [0.5, 0.6) is 0 Å². The molecule has 0 N–H and O–H groups in total. The lowest BCUT2D eigenvalue weighted by Crippen LogP contribution is -2.16. The predicted molar refractivity (Wildman–Crippen MR) is 222 cm³/mol. The Morgan fingerprint density at radius 2 is 0.750 bits per heavy atom. The first-order valence-electron chi connectivity index (χ1n) is 18.6. The van der Waals surface area contributed by atoms with Crippen LogP contribution in [-0.4, -0.2) is 0 Å². The van der Waals surface area contributed by atoms with Crippen LogP contribution >= 0.6 is 0 Å². The highest BCUT2D eigenvalue weighted by molar-refractivity contribution is 6.25. The van der Waals surface area contributed by atoms with Crippen LogP contribution in [0.25, 0.3) is 87.6 Å². The summed E-state index contributed by atoms with van der Waals surface area (Å²) in [6, 6.07) is 59.6. The van der Waals surface area contributed by atoms with Crippen molar-refractivity contribution in [3.63, 3.8) is 0 Å². The second-order valence-corrected chi connectivity index (χ2v) is 16.0. The van der Waals surface area contributed by atoms with Crippen LogP contribution in [0.2, 0.25) is 0 Å². The highest BCUT2D eigenvalue weighted by Crippen LogP contribution is 2.58. The van der Waals surface area contributed by atoms with Crippen molar-refractivity contribution >= 4 is 43.1 Å². The molecule has 11 rings (SSSR count). The van der Waals surface area contributed by atoms with Crippen LogP contribution in [0, 0.1) is 0 Å². The number of benzene rings is 9. The highest BCUT2D eigenvalue weighted by Gasteiger charge is 2.40. The molecule has 0 radical (unpaired) electrons. The molecule has 246 valence electrons. The molecule has 0 unspecified atom stereocenters. The van der Waals surface area contributed by atoms with Gasteiger partial charge in [-0.25, -0.2) is 0 Å². The molecule has 0 fully saturated rings. The summed E-state index contributed by atoms with van der Waals surface area (Å²) in [5.74, 6) is 0. The van der Waals surface area contributed by atoms with E-state index < -0.39 is 0 Å². The van der Waals surface area contributed by atoms with E-state index in [1.54, 1.807) is 0 Å². The molecule has 0 bridgehead atoms. The van der Waals surface area contributed by atoms with E-state index in [-0.39, 0.29) is 10.8 Å². The van der Waals surface area contributed by atoms with Crippen LogP contribution < -0.4 is 0 Å². The van der Waals surface area contributed by atoms with Gasteiger partial charge in [-0.2, -0.15) is 0 Å². The van der Waals surface area contributed by atoms with Crippen molar-refractivity contribution in [2.24, 2.45) is 0 Å². The highest BCUT2D eigenvalue weighted by atomic mass is 14.4. The maximum atomic E-state index is 2.54. The minimum absolute atomic E-state index is 0.106. The fraction of sp³-hybridized carbons (Fsp3) is 0.115. The van der Waals surface area contributed by atoms with Crippen LogP contribution in [0.3, 0.4) is 0 Å². The van der Waals surface area contributed by atoms with Gasteiger partial charge in [-0.15, -0.1) is 0 Å². The van der Waals surface area contributed by atoms with Crippen LogP contribution in [0.15, 0.2) is 158 Å². The molecule has 0 saturated carbocycles. The summed E-state index contributed by atoms with van der Waals surface area (Å²) in [5.41, 5.74) is 16.2. The van der Waals surface area contributed by atoms with Gasteiger partial charge in [0.2, 0.25) is 0 Å². The molecule has 52 heavy (non-hydrogen) atoms. The quantitative estimate of drug-likeness (QED) is 0.162. The molecule has 0 atom stereocenters. The molecule has 9 aromatic carbocycles. The van der Waals surface area contributed by atoms with Crippen molar-refractivity contribution in [1.82, 2.24) is 0 Å². The molecule has 2 aliphatic carbocycles. The van der Waals surface area contributed by atoms with Gasteiger partial charge in [-0.3, -0.25) is 0 Å². The van der Waals surface area contributed by atoms with Crippen LogP contribution in [-0.2, 0) is 10.8 Å². The lowest BCUT2D eigenvalue weighted by Gasteiger charge is -2.27. The van der Waals surface area contributed by atoms with E-state index in [0.29, 0.717) is 0 Å². The lowest BCUT2D eigenvalue weighted by molar-refractivity contribution is 0.661. The Morgan fingerprint density at radius 1 is 0.288 bits per heavy atom. The average Bonchev–Trinajstić information content (AvgIpc) is 3.56. The SMILES string of the molecule is CC1(C)c2ccccc2-c2c1cc(-c1c3ccccc3c(-c3cccc4c3C(C)(C)c3ccc5ccccc5c3-4)c3ccccc13)c1ccccc21. The van der Waals surface area contributed by atoms with Gasteiger partial charge in [0, 0.05) is 10.8 Å².